The zero-order valence-electron chi connectivity index (χ0n) is 18.1. The lowest BCUT2D eigenvalue weighted by Gasteiger charge is -2.20. The number of amides is 1. The molecule has 34 heavy (non-hydrogen) atoms. The first-order valence-electron chi connectivity index (χ1n) is 10.5. The van der Waals surface area contributed by atoms with E-state index in [4.69, 9.17) is 0 Å². The van der Waals surface area contributed by atoms with Gasteiger partial charge in [0.2, 0.25) is 10.0 Å². The van der Waals surface area contributed by atoms with Gasteiger partial charge in [-0.15, -0.1) is 6.58 Å². The first kappa shape index (κ1) is 23.7. The van der Waals surface area contributed by atoms with Crippen LogP contribution in [0.5, 0.6) is 0 Å². The van der Waals surface area contributed by atoms with Crippen molar-refractivity contribution in [1.82, 2.24) is 9.71 Å². The summed E-state index contributed by atoms with van der Waals surface area (Å²) in [5, 5.41) is 0.487. The van der Waals surface area contributed by atoms with E-state index in [-0.39, 0.29) is 12.1 Å². The Morgan fingerprint density at radius 1 is 1.09 bits per heavy atom. The van der Waals surface area contributed by atoms with Gasteiger partial charge in [0.05, 0.1) is 10.2 Å². The zero-order valence-corrected chi connectivity index (χ0v) is 19.8. The van der Waals surface area contributed by atoms with Gasteiger partial charge in [0.25, 0.3) is 5.91 Å². The van der Waals surface area contributed by atoms with Gasteiger partial charge in [-0.2, -0.15) is 0 Å². The number of hydrogen-bond acceptors (Lipinski definition) is 5. The normalized spacial score (nSPS) is 11.4. The molecule has 0 fully saturated rings. The Hall–Kier alpha value is -3.40. The second kappa shape index (κ2) is 10.3. The fourth-order valence-corrected chi connectivity index (χ4v) is 5.48. The highest BCUT2D eigenvalue weighted by molar-refractivity contribution is 7.89. The molecule has 0 saturated carbocycles. The van der Waals surface area contributed by atoms with Crippen molar-refractivity contribution in [3.05, 3.63) is 102 Å². The number of nitrogens with zero attached hydrogens (tertiary/aromatic N) is 2. The highest BCUT2D eigenvalue weighted by atomic mass is 32.2. The van der Waals surface area contributed by atoms with Crippen molar-refractivity contribution in [3.8, 4) is 0 Å². The van der Waals surface area contributed by atoms with Crippen molar-refractivity contribution in [1.29, 1.82) is 0 Å². The number of rotatable bonds is 9. The minimum absolute atomic E-state index is 0.0488. The predicted octanol–water partition coefficient (Wildman–Crippen LogP) is 4.79. The quantitative estimate of drug-likeness (QED) is 0.339. The summed E-state index contributed by atoms with van der Waals surface area (Å²) in [6.45, 7) is 3.71. The summed E-state index contributed by atoms with van der Waals surface area (Å²) >= 11 is 1.37. The van der Waals surface area contributed by atoms with E-state index in [0.29, 0.717) is 18.1 Å². The molecule has 4 rings (SSSR count). The predicted molar refractivity (Wildman–Crippen MR) is 133 cm³/mol. The van der Waals surface area contributed by atoms with Crippen LogP contribution in [0, 0.1) is 5.82 Å². The van der Waals surface area contributed by atoms with Crippen molar-refractivity contribution >= 4 is 42.6 Å². The molecule has 0 saturated heterocycles. The lowest BCUT2D eigenvalue weighted by Crippen LogP contribution is -2.33. The van der Waals surface area contributed by atoms with E-state index in [2.05, 4.69) is 16.3 Å². The highest BCUT2D eigenvalue weighted by Gasteiger charge is 2.25. The van der Waals surface area contributed by atoms with Crippen molar-refractivity contribution in [2.24, 2.45) is 0 Å². The number of carbonyl (C=O) groups excluding carboxylic acids is 1. The smallest absolute Gasteiger partial charge is 0.260 e. The standard InChI is InChI=1S/C25H22FN3O3S2/c1-2-15-27-34(31,32)23-17-19(12-13-20(23)26)24(30)29(16-14-18-8-4-3-5-9-18)25-28-21-10-6-7-11-22(21)33-25/h2-13,17,27H,1,14-16H2. The Labute approximate surface area is 201 Å². The molecule has 1 amide bonds. The number of nitrogens with one attached hydrogen (secondary N) is 1. The molecular weight excluding hydrogens is 473 g/mol. The number of halogens is 1. The van der Waals surface area contributed by atoms with Crippen LogP contribution in [0.1, 0.15) is 15.9 Å². The Morgan fingerprint density at radius 3 is 2.56 bits per heavy atom. The molecule has 0 aliphatic heterocycles. The molecule has 1 heterocycles. The summed E-state index contributed by atoms with van der Waals surface area (Å²) in [5.74, 6) is -1.40. The molecule has 0 spiro atoms. The van der Waals surface area contributed by atoms with E-state index in [1.165, 1.54) is 28.4 Å². The van der Waals surface area contributed by atoms with Crippen molar-refractivity contribution < 1.29 is 17.6 Å². The third-order valence-electron chi connectivity index (χ3n) is 5.11. The zero-order chi connectivity index (χ0) is 24.1. The van der Waals surface area contributed by atoms with Crippen LogP contribution in [0.4, 0.5) is 9.52 Å². The average Bonchev–Trinajstić information content (AvgIpc) is 3.27. The van der Waals surface area contributed by atoms with E-state index in [1.807, 2.05) is 54.6 Å². The molecule has 1 aromatic heterocycles. The number of hydrogen-bond donors (Lipinski definition) is 1. The number of fused-ring (bicyclic) bond motifs is 1. The summed E-state index contributed by atoms with van der Waals surface area (Å²) in [7, 11) is -4.16. The molecule has 0 unspecified atom stereocenters. The third kappa shape index (κ3) is 5.22. The lowest BCUT2D eigenvalue weighted by atomic mass is 10.1. The van der Waals surface area contributed by atoms with E-state index in [0.717, 1.165) is 27.9 Å². The van der Waals surface area contributed by atoms with Crippen molar-refractivity contribution in [2.75, 3.05) is 18.0 Å². The number of carbonyl (C=O) groups is 1. The number of para-hydroxylation sites is 1. The van der Waals surface area contributed by atoms with Crippen LogP contribution in [0.15, 0.2) is 90.3 Å². The monoisotopic (exact) mass is 495 g/mol. The number of thiazole rings is 1. The molecule has 0 aliphatic rings. The van der Waals surface area contributed by atoms with Gasteiger partial charge in [-0.1, -0.05) is 59.9 Å². The third-order valence-corrected chi connectivity index (χ3v) is 7.61. The molecule has 1 N–H and O–H groups in total. The number of benzene rings is 3. The van der Waals surface area contributed by atoms with Crippen LogP contribution in [0.2, 0.25) is 0 Å². The van der Waals surface area contributed by atoms with Crippen LogP contribution in [0.25, 0.3) is 10.2 Å². The highest BCUT2D eigenvalue weighted by Crippen LogP contribution is 2.30. The van der Waals surface area contributed by atoms with Crippen LogP contribution in [-0.2, 0) is 16.4 Å². The summed E-state index contributed by atoms with van der Waals surface area (Å²) in [5.41, 5.74) is 1.85. The SMILES string of the molecule is C=CCNS(=O)(=O)c1cc(C(=O)N(CCc2ccccc2)c2nc3ccccc3s2)ccc1F. The molecule has 0 radical (unpaired) electrons. The molecule has 0 atom stereocenters. The largest absolute Gasteiger partial charge is 0.284 e. The van der Waals surface area contributed by atoms with Crippen LogP contribution >= 0.6 is 11.3 Å². The summed E-state index contributed by atoms with van der Waals surface area (Å²) in [6.07, 6.45) is 1.92. The van der Waals surface area contributed by atoms with E-state index in [9.17, 15) is 17.6 Å². The molecule has 174 valence electrons. The van der Waals surface area contributed by atoms with Gasteiger partial charge in [0.1, 0.15) is 10.7 Å². The van der Waals surface area contributed by atoms with E-state index in [1.54, 1.807) is 0 Å². The molecular formula is C25H22FN3O3S2. The maximum absolute atomic E-state index is 14.4. The van der Waals surface area contributed by atoms with Gasteiger partial charge in [-0.05, 0) is 42.3 Å². The van der Waals surface area contributed by atoms with Gasteiger partial charge < -0.3 is 0 Å². The molecule has 3 aromatic carbocycles. The molecule has 6 nitrogen and oxygen atoms in total. The first-order chi connectivity index (χ1) is 16.4. The number of sulfonamides is 1. The minimum Gasteiger partial charge on any atom is -0.284 e. The second-order valence-electron chi connectivity index (χ2n) is 7.44. The Morgan fingerprint density at radius 2 is 1.82 bits per heavy atom. The van der Waals surface area contributed by atoms with Crippen LogP contribution in [-0.4, -0.2) is 32.4 Å². The molecule has 0 aliphatic carbocycles. The Balaban J connectivity index is 1.71. The maximum Gasteiger partial charge on any atom is 0.260 e. The topological polar surface area (TPSA) is 79.4 Å². The van der Waals surface area contributed by atoms with Gasteiger partial charge in [0, 0.05) is 18.7 Å². The lowest BCUT2D eigenvalue weighted by molar-refractivity contribution is 0.0987. The fourth-order valence-electron chi connectivity index (χ4n) is 3.39. The van der Waals surface area contributed by atoms with Gasteiger partial charge >= 0.3 is 0 Å². The van der Waals surface area contributed by atoms with Crippen LogP contribution in [0.3, 0.4) is 0 Å². The minimum atomic E-state index is -4.16. The summed E-state index contributed by atoms with van der Waals surface area (Å²) in [6, 6.07) is 20.6. The fraction of sp³-hybridized carbons (Fsp3) is 0.120. The van der Waals surface area contributed by atoms with Crippen LogP contribution < -0.4 is 9.62 Å². The van der Waals surface area contributed by atoms with Gasteiger partial charge in [-0.25, -0.2) is 22.5 Å². The second-order valence-corrected chi connectivity index (χ2v) is 10.2. The first-order valence-corrected chi connectivity index (χ1v) is 12.8. The van der Waals surface area contributed by atoms with Gasteiger partial charge in [-0.3, -0.25) is 9.69 Å². The molecule has 4 aromatic rings. The van der Waals surface area contributed by atoms with Gasteiger partial charge in [0.15, 0.2) is 5.13 Å². The number of aromatic nitrogens is 1. The molecule has 0 bridgehead atoms. The van der Waals surface area contributed by atoms with Crippen molar-refractivity contribution in [3.63, 3.8) is 0 Å². The average molecular weight is 496 g/mol. The maximum atomic E-state index is 14.4. The van der Waals surface area contributed by atoms with E-state index < -0.39 is 26.6 Å². The number of anilines is 1. The Kier molecular flexibility index (Phi) is 7.16. The van der Waals surface area contributed by atoms with E-state index >= 15 is 0 Å². The summed E-state index contributed by atoms with van der Waals surface area (Å²) in [4.78, 5) is 19.1. The Bertz CT molecular complexity index is 1400. The van der Waals surface area contributed by atoms with Crippen molar-refractivity contribution in [2.45, 2.75) is 11.3 Å². The summed E-state index contributed by atoms with van der Waals surface area (Å²) < 4.78 is 42.6. The molecule has 9 heteroatoms.